The van der Waals surface area contributed by atoms with Gasteiger partial charge in [-0.25, -0.2) is 0 Å². The first-order chi connectivity index (χ1) is 12.1. The number of H-pyrrole nitrogens is 1. The molecule has 1 N–H and O–H groups in total. The molecule has 2 atom stereocenters. The maximum atomic E-state index is 12.6. The van der Waals surface area contributed by atoms with Crippen molar-refractivity contribution in [2.45, 2.75) is 18.1 Å². The number of amides is 2. The molecule has 2 aliphatic heterocycles. The maximum Gasteiger partial charge on any atom is 0.271 e. The summed E-state index contributed by atoms with van der Waals surface area (Å²) in [5, 5.41) is 6.56. The minimum atomic E-state index is -0.540. The van der Waals surface area contributed by atoms with Gasteiger partial charge >= 0.3 is 0 Å². The summed E-state index contributed by atoms with van der Waals surface area (Å²) in [6.45, 7) is 1.02. The van der Waals surface area contributed by atoms with E-state index in [9.17, 15) is 9.59 Å². The normalized spacial score (nSPS) is 26.4. The van der Waals surface area contributed by atoms with Crippen LogP contribution in [0.15, 0.2) is 42.6 Å². The van der Waals surface area contributed by atoms with Crippen molar-refractivity contribution in [3.05, 3.63) is 53.9 Å². The van der Waals surface area contributed by atoms with Gasteiger partial charge in [-0.1, -0.05) is 30.3 Å². The third-order valence-electron chi connectivity index (χ3n) is 5.35. The summed E-state index contributed by atoms with van der Waals surface area (Å²) in [4.78, 5) is 28.5. The zero-order valence-electron chi connectivity index (χ0n) is 14.0. The molecule has 7 nitrogen and oxygen atoms in total. The molecule has 3 heterocycles. The van der Waals surface area contributed by atoms with Crippen LogP contribution in [0.25, 0.3) is 0 Å². The maximum absolute atomic E-state index is 12.6. The topological polar surface area (TPSA) is 78.5 Å². The van der Waals surface area contributed by atoms with Gasteiger partial charge in [-0.2, -0.15) is 5.10 Å². The molecule has 2 saturated heterocycles. The summed E-state index contributed by atoms with van der Waals surface area (Å²) in [7, 11) is 1.83. The van der Waals surface area contributed by atoms with E-state index in [1.54, 1.807) is 22.1 Å². The van der Waals surface area contributed by atoms with Crippen LogP contribution in [0.4, 0.5) is 0 Å². The fourth-order valence-corrected chi connectivity index (χ4v) is 3.95. The number of carbonyl (C=O) groups excluding carboxylic acids is 2. The van der Waals surface area contributed by atoms with Gasteiger partial charge in [-0.3, -0.25) is 14.7 Å². The number of nitrogens with zero attached hydrogens (tertiary/aromatic N) is 3. The first-order valence-electron chi connectivity index (χ1n) is 8.35. The van der Waals surface area contributed by atoms with E-state index >= 15 is 0 Å². The van der Waals surface area contributed by atoms with Gasteiger partial charge in [0.05, 0.1) is 5.54 Å². The summed E-state index contributed by atoms with van der Waals surface area (Å²) in [6, 6.07) is 11.6. The van der Waals surface area contributed by atoms with Crippen molar-refractivity contribution >= 4 is 11.8 Å². The number of piperidine rings is 1. The third kappa shape index (κ3) is 2.42. The van der Waals surface area contributed by atoms with Gasteiger partial charge in [0.1, 0.15) is 18.4 Å². The monoisotopic (exact) mass is 340 g/mol. The molecule has 4 rings (SSSR count). The number of hydrogen-bond donors (Lipinski definition) is 1. The molecular weight excluding hydrogens is 320 g/mol. The predicted molar refractivity (Wildman–Crippen MR) is 89.7 cm³/mol. The van der Waals surface area contributed by atoms with Crippen molar-refractivity contribution in [1.82, 2.24) is 20.0 Å². The van der Waals surface area contributed by atoms with Gasteiger partial charge in [0.25, 0.3) is 5.91 Å². The lowest BCUT2D eigenvalue weighted by Crippen LogP contribution is -2.67. The molecular formula is C18H20N4O3. The van der Waals surface area contributed by atoms with Gasteiger partial charge in [0, 0.05) is 26.3 Å². The zero-order chi connectivity index (χ0) is 17.4. The average molecular weight is 340 g/mol. The highest BCUT2D eigenvalue weighted by Crippen LogP contribution is 2.42. The predicted octanol–water partition coefficient (Wildman–Crippen LogP) is 1.01. The van der Waals surface area contributed by atoms with Crippen molar-refractivity contribution in [2.75, 3.05) is 26.7 Å². The number of aromatic nitrogens is 2. The van der Waals surface area contributed by atoms with Gasteiger partial charge in [0.2, 0.25) is 5.91 Å². The highest BCUT2D eigenvalue weighted by molar-refractivity contribution is 5.92. The number of likely N-dealkylation sites (tertiary alicyclic amines) is 1. The van der Waals surface area contributed by atoms with Crippen LogP contribution in [0.1, 0.15) is 22.5 Å². The number of aromatic amines is 1. The van der Waals surface area contributed by atoms with Crippen LogP contribution < -0.4 is 0 Å². The molecule has 2 aliphatic rings. The highest BCUT2D eigenvalue weighted by Gasteiger charge is 2.53. The van der Waals surface area contributed by atoms with Crippen LogP contribution in [0, 0.1) is 0 Å². The van der Waals surface area contributed by atoms with Crippen molar-refractivity contribution in [2.24, 2.45) is 0 Å². The Morgan fingerprint density at radius 2 is 2.12 bits per heavy atom. The number of fused-ring (bicyclic) bond motifs is 1. The van der Waals surface area contributed by atoms with Crippen molar-refractivity contribution in [1.29, 1.82) is 0 Å². The summed E-state index contributed by atoms with van der Waals surface area (Å²) in [6.07, 6.45) is 1.93. The second-order valence-electron chi connectivity index (χ2n) is 6.51. The third-order valence-corrected chi connectivity index (χ3v) is 5.35. The van der Waals surface area contributed by atoms with Gasteiger partial charge in [0.15, 0.2) is 0 Å². The Labute approximate surface area is 145 Å². The van der Waals surface area contributed by atoms with Crippen LogP contribution in [-0.2, 0) is 15.1 Å². The van der Waals surface area contributed by atoms with E-state index < -0.39 is 5.54 Å². The number of ether oxygens (including phenoxy) is 1. The Kier molecular flexibility index (Phi) is 3.80. The number of likely N-dealkylation sites (N-methyl/N-ethyl adjacent to an activating group) is 1. The smallest absolute Gasteiger partial charge is 0.271 e. The molecule has 0 spiro atoms. The molecule has 1 aromatic carbocycles. The standard InChI is InChI=1S/C18H20N4O3/c1-21-16(23)12-25-15-11-22(17(24)14-7-9-19-20-14)10-8-18(15,21)13-5-3-2-4-6-13/h2-7,9,15H,8,10-12H2,1H3,(H,19,20)/t15-,18+/m1/s1. The van der Waals surface area contributed by atoms with E-state index in [1.807, 2.05) is 37.4 Å². The largest absolute Gasteiger partial charge is 0.364 e. The summed E-state index contributed by atoms with van der Waals surface area (Å²) in [5.41, 5.74) is 0.970. The Balaban J connectivity index is 1.67. The van der Waals surface area contributed by atoms with E-state index in [1.165, 1.54) is 0 Å². The van der Waals surface area contributed by atoms with Gasteiger partial charge in [-0.05, 0) is 18.1 Å². The Morgan fingerprint density at radius 3 is 2.84 bits per heavy atom. The Morgan fingerprint density at radius 1 is 1.32 bits per heavy atom. The molecule has 7 heteroatoms. The second-order valence-corrected chi connectivity index (χ2v) is 6.51. The lowest BCUT2D eigenvalue weighted by Gasteiger charge is -2.54. The van der Waals surface area contributed by atoms with Crippen LogP contribution >= 0.6 is 0 Å². The molecule has 2 aromatic rings. The number of morpholine rings is 1. The molecule has 2 amide bonds. The molecule has 0 radical (unpaired) electrons. The molecule has 0 aliphatic carbocycles. The summed E-state index contributed by atoms with van der Waals surface area (Å²) >= 11 is 0. The van der Waals surface area contributed by atoms with E-state index in [4.69, 9.17) is 4.74 Å². The van der Waals surface area contributed by atoms with Crippen LogP contribution in [0.5, 0.6) is 0 Å². The molecule has 25 heavy (non-hydrogen) atoms. The number of nitrogens with one attached hydrogen (secondary N) is 1. The number of rotatable bonds is 2. The SMILES string of the molecule is CN1C(=O)CO[C@@H]2CN(C(=O)c3ccn[nH]3)CC[C@]21c1ccccc1. The van der Waals surface area contributed by atoms with Crippen LogP contribution in [-0.4, -0.2) is 64.7 Å². The first-order valence-corrected chi connectivity index (χ1v) is 8.35. The fourth-order valence-electron chi connectivity index (χ4n) is 3.95. The fraction of sp³-hybridized carbons (Fsp3) is 0.389. The zero-order valence-corrected chi connectivity index (χ0v) is 14.0. The average Bonchev–Trinajstić information content (AvgIpc) is 3.19. The minimum absolute atomic E-state index is 0.0338. The lowest BCUT2D eigenvalue weighted by molar-refractivity contribution is -0.180. The lowest BCUT2D eigenvalue weighted by atomic mass is 9.76. The molecule has 130 valence electrons. The molecule has 0 saturated carbocycles. The van der Waals surface area contributed by atoms with Crippen molar-refractivity contribution in [3.63, 3.8) is 0 Å². The Bertz CT molecular complexity index is 777. The highest BCUT2D eigenvalue weighted by atomic mass is 16.5. The summed E-state index contributed by atoms with van der Waals surface area (Å²) in [5.74, 6) is -0.129. The Hall–Kier alpha value is -2.67. The van der Waals surface area contributed by atoms with E-state index in [0.717, 1.165) is 5.56 Å². The van der Waals surface area contributed by atoms with Gasteiger partial charge in [-0.15, -0.1) is 0 Å². The quantitative estimate of drug-likeness (QED) is 0.885. The van der Waals surface area contributed by atoms with E-state index in [0.29, 0.717) is 25.2 Å². The summed E-state index contributed by atoms with van der Waals surface area (Å²) < 4.78 is 5.91. The number of carbonyl (C=O) groups is 2. The van der Waals surface area contributed by atoms with Crippen LogP contribution in [0.3, 0.4) is 0 Å². The van der Waals surface area contributed by atoms with Crippen LogP contribution in [0.2, 0.25) is 0 Å². The first kappa shape index (κ1) is 15.8. The van der Waals surface area contributed by atoms with E-state index in [2.05, 4.69) is 10.2 Å². The van der Waals surface area contributed by atoms with Gasteiger partial charge < -0.3 is 14.5 Å². The molecule has 0 unspecified atom stereocenters. The van der Waals surface area contributed by atoms with Crippen molar-refractivity contribution in [3.8, 4) is 0 Å². The molecule has 2 fully saturated rings. The minimum Gasteiger partial charge on any atom is -0.364 e. The van der Waals surface area contributed by atoms with Crippen molar-refractivity contribution < 1.29 is 14.3 Å². The number of hydrogen-bond acceptors (Lipinski definition) is 4. The molecule has 0 bridgehead atoms. The second kappa shape index (κ2) is 6.00. The van der Waals surface area contributed by atoms with E-state index in [-0.39, 0.29) is 24.5 Å². The number of benzene rings is 1. The molecule has 1 aromatic heterocycles.